The van der Waals surface area contributed by atoms with Crippen molar-refractivity contribution in [3.8, 4) is 11.1 Å². The van der Waals surface area contributed by atoms with E-state index in [1.54, 1.807) is 18.5 Å². The van der Waals surface area contributed by atoms with Gasteiger partial charge in [-0.25, -0.2) is 9.97 Å². The molecule has 0 spiro atoms. The maximum atomic E-state index is 12.3. The molecule has 4 rings (SSSR count). The molecule has 2 aromatic heterocycles. The third-order valence-electron chi connectivity index (χ3n) is 3.99. The Morgan fingerprint density at radius 1 is 1.19 bits per heavy atom. The molecule has 0 saturated heterocycles. The lowest BCUT2D eigenvalue weighted by Gasteiger charge is -2.07. The van der Waals surface area contributed by atoms with Crippen LogP contribution in [0.25, 0.3) is 22.2 Å². The lowest BCUT2D eigenvalue weighted by molar-refractivity contribution is 0.103. The summed E-state index contributed by atoms with van der Waals surface area (Å²) in [5.74, 6) is 0.443. The van der Waals surface area contributed by atoms with Gasteiger partial charge in [0, 0.05) is 18.2 Å². The second-order valence-electron chi connectivity index (χ2n) is 5.83. The summed E-state index contributed by atoms with van der Waals surface area (Å²) in [6.45, 7) is 3.62. The topological polar surface area (TPSA) is 68.0 Å². The minimum Gasteiger partial charge on any atom is -0.441 e. The molecule has 0 saturated carbocycles. The number of nitrogens with one attached hydrogen (secondary N) is 1. The first-order valence-electron chi connectivity index (χ1n) is 7.90. The number of anilines is 1. The fraction of sp³-hybridized carbons (Fsp3) is 0.105. The van der Waals surface area contributed by atoms with Crippen molar-refractivity contribution in [1.82, 2.24) is 9.97 Å². The van der Waals surface area contributed by atoms with Crippen LogP contribution in [0.3, 0.4) is 0 Å². The highest BCUT2D eigenvalue weighted by molar-refractivity contribution is 7.12. The molecule has 0 aliphatic carbocycles. The quantitative estimate of drug-likeness (QED) is 0.509. The van der Waals surface area contributed by atoms with Crippen LogP contribution in [0, 0.1) is 13.8 Å². The number of halogens is 1. The van der Waals surface area contributed by atoms with Crippen molar-refractivity contribution in [3.05, 3.63) is 63.4 Å². The predicted molar refractivity (Wildman–Crippen MR) is 104 cm³/mol. The number of amides is 1. The summed E-state index contributed by atoms with van der Waals surface area (Å²) in [5.41, 5.74) is 6.31. The number of hydrogen-bond donors (Lipinski definition) is 1. The second kappa shape index (κ2) is 6.55. The van der Waals surface area contributed by atoms with Crippen molar-refractivity contribution in [1.29, 1.82) is 0 Å². The second-order valence-corrected chi connectivity index (χ2v) is 7.09. The number of benzene rings is 2. The summed E-state index contributed by atoms with van der Waals surface area (Å²) in [6, 6.07) is 11.2. The van der Waals surface area contributed by atoms with E-state index >= 15 is 0 Å². The smallest absolute Gasteiger partial charge is 0.267 e. The Morgan fingerprint density at radius 2 is 1.96 bits per heavy atom. The molecule has 0 aliphatic heterocycles. The maximum Gasteiger partial charge on any atom is 0.267 e. The molecule has 4 aromatic rings. The Kier molecular flexibility index (Phi) is 4.22. The molecule has 0 atom stereocenters. The molecule has 0 aliphatic rings. The van der Waals surface area contributed by atoms with Crippen LogP contribution in [0.5, 0.6) is 0 Å². The molecule has 2 heterocycles. The summed E-state index contributed by atoms with van der Waals surface area (Å²) >= 11 is 7.72. The standard InChI is InChI=1S/C19H14ClN3O2S/c1-10-18(26-9-21-10)19(24)23-13-5-3-12(4-6-13)14-7-17-16(8-15(14)20)22-11(2)25-17/h3-9H,1-2H3,(H,23,24). The van der Waals surface area contributed by atoms with E-state index in [-0.39, 0.29) is 5.91 Å². The Morgan fingerprint density at radius 3 is 2.65 bits per heavy atom. The molecule has 0 radical (unpaired) electrons. The van der Waals surface area contributed by atoms with Crippen molar-refractivity contribution < 1.29 is 9.21 Å². The van der Waals surface area contributed by atoms with Gasteiger partial charge < -0.3 is 9.73 Å². The molecule has 130 valence electrons. The summed E-state index contributed by atoms with van der Waals surface area (Å²) in [4.78, 5) is 21.3. The first-order chi connectivity index (χ1) is 12.5. The Bertz CT molecular complexity index is 1120. The van der Waals surface area contributed by atoms with E-state index < -0.39 is 0 Å². The van der Waals surface area contributed by atoms with Crippen molar-refractivity contribution in [2.24, 2.45) is 0 Å². The van der Waals surface area contributed by atoms with Crippen LogP contribution in [-0.2, 0) is 0 Å². The maximum absolute atomic E-state index is 12.3. The van der Waals surface area contributed by atoms with Gasteiger partial charge in [-0.1, -0.05) is 23.7 Å². The van der Waals surface area contributed by atoms with Gasteiger partial charge in [0.25, 0.3) is 5.91 Å². The number of carbonyl (C=O) groups excluding carboxylic acids is 1. The zero-order valence-electron chi connectivity index (χ0n) is 14.0. The number of rotatable bonds is 3. The Hall–Kier alpha value is -2.70. The third kappa shape index (κ3) is 3.09. The zero-order valence-corrected chi connectivity index (χ0v) is 15.6. The van der Waals surface area contributed by atoms with E-state index in [1.165, 1.54) is 11.3 Å². The SMILES string of the molecule is Cc1nc2cc(Cl)c(-c3ccc(NC(=O)c4scnc4C)cc3)cc2o1. The molecule has 1 amide bonds. The van der Waals surface area contributed by atoms with Crippen LogP contribution >= 0.6 is 22.9 Å². The van der Waals surface area contributed by atoms with Gasteiger partial charge in [-0.3, -0.25) is 4.79 Å². The van der Waals surface area contributed by atoms with Gasteiger partial charge in [-0.05, 0) is 36.8 Å². The minimum absolute atomic E-state index is 0.158. The summed E-state index contributed by atoms with van der Waals surface area (Å²) < 4.78 is 5.58. The first-order valence-corrected chi connectivity index (χ1v) is 9.15. The number of oxazole rings is 1. The molecule has 0 unspecified atom stereocenters. The van der Waals surface area contributed by atoms with E-state index in [4.69, 9.17) is 16.0 Å². The molecule has 0 bridgehead atoms. The Balaban J connectivity index is 1.61. The molecule has 26 heavy (non-hydrogen) atoms. The molecule has 1 N–H and O–H groups in total. The van der Waals surface area contributed by atoms with Crippen molar-refractivity contribution in [3.63, 3.8) is 0 Å². The summed E-state index contributed by atoms with van der Waals surface area (Å²) in [6.07, 6.45) is 0. The van der Waals surface area contributed by atoms with Crippen LogP contribution in [0.2, 0.25) is 5.02 Å². The number of nitrogens with zero attached hydrogens (tertiary/aromatic N) is 2. The van der Waals surface area contributed by atoms with Crippen LogP contribution in [0.15, 0.2) is 46.3 Å². The molecule has 0 fully saturated rings. The molecule has 7 heteroatoms. The average molecular weight is 384 g/mol. The van der Waals surface area contributed by atoms with Gasteiger partial charge in [0.1, 0.15) is 10.4 Å². The van der Waals surface area contributed by atoms with E-state index in [9.17, 15) is 4.79 Å². The number of thiazole rings is 1. The first kappa shape index (κ1) is 16.8. The fourth-order valence-corrected chi connectivity index (χ4v) is 3.69. The van der Waals surface area contributed by atoms with E-state index in [2.05, 4.69) is 15.3 Å². The highest BCUT2D eigenvalue weighted by atomic mass is 35.5. The van der Waals surface area contributed by atoms with Gasteiger partial charge in [0.15, 0.2) is 11.5 Å². The highest BCUT2D eigenvalue weighted by Gasteiger charge is 2.13. The Labute approximate surface area is 158 Å². The number of hydrogen-bond acceptors (Lipinski definition) is 5. The van der Waals surface area contributed by atoms with Gasteiger partial charge in [0.05, 0.1) is 16.2 Å². The molecule has 2 aromatic carbocycles. The van der Waals surface area contributed by atoms with E-state index in [1.807, 2.05) is 37.3 Å². The van der Waals surface area contributed by atoms with Gasteiger partial charge >= 0.3 is 0 Å². The number of fused-ring (bicyclic) bond motifs is 1. The van der Waals surface area contributed by atoms with Gasteiger partial charge in [-0.15, -0.1) is 11.3 Å². The van der Waals surface area contributed by atoms with Crippen LogP contribution in [0.1, 0.15) is 21.3 Å². The molecule has 5 nitrogen and oxygen atoms in total. The average Bonchev–Trinajstić information content (AvgIpc) is 3.19. The van der Waals surface area contributed by atoms with E-state index in [0.717, 1.165) is 22.3 Å². The number of aromatic nitrogens is 2. The fourth-order valence-electron chi connectivity index (χ4n) is 2.73. The van der Waals surface area contributed by atoms with Crippen molar-refractivity contribution in [2.75, 3.05) is 5.32 Å². The zero-order chi connectivity index (χ0) is 18.3. The van der Waals surface area contributed by atoms with Gasteiger partial charge in [0.2, 0.25) is 0 Å². The number of carbonyl (C=O) groups is 1. The minimum atomic E-state index is -0.158. The van der Waals surface area contributed by atoms with Crippen molar-refractivity contribution in [2.45, 2.75) is 13.8 Å². The van der Waals surface area contributed by atoms with Crippen LogP contribution < -0.4 is 5.32 Å². The van der Waals surface area contributed by atoms with Crippen molar-refractivity contribution >= 4 is 45.6 Å². The highest BCUT2D eigenvalue weighted by Crippen LogP contribution is 2.33. The largest absolute Gasteiger partial charge is 0.441 e. The lowest BCUT2D eigenvalue weighted by Crippen LogP contribution is -2.11. The molecular formula is C19H14ClN3O2S. The summed E-state index contributed by atoms with van der Waals surface area (Å²) in [5, 5.41) is 3.48. The number of aryl methyl sites for hydroxylation is 2. The summed E-state index contributed by atoms with van der Waals surface area (Å²) in [7, 11) is 0. The van der Waals surface area contributed by atoms with Crippen LogP contribution in [-0.4, -0.2) is 15.9 Å². The third-order valence-corrected chi connectivity index (χ3v) is 5.23. The van der Waals surface area contributed by atoms with Gasteiger partial charge in [-0.2, -0.15) is 0 Å². The van der Waals surface area contributed by atoms with Crippen LogP contribution in [0.4, 0.5) is 5.69 Å². The monoisotopic (exact) mass is 383 g/mol. The van der Waals surface area contributed by atoms with E-state index in [0.29, 0.717) is 27.1 Å². The lowest BCUT2D eigenvalue weighted by atomic mass is 10.0. The normalized spacial score (nSPS) is 11.0. The predicted octanol–water partition coefficient (Wildman–Crippen LogP) is 5.47. The molecular weight excluding hydrogens is 370 g/mol.